The molecule has 2 rings (SSSR count). The molecule has 0 aliphatic carbocycles. The van der Waals surface area contributed by atoms with Crippen LogP contribution in [0.1, 0.15) is 19.8 Å². The Morgan fingerprint density at radius 3 is 2.25 bits per heavy atom. The number of sulfonamides is 2. The molecule has 7 nitrogen and oxygen atoms in total. The Labute approximate surface area is 148 Å². The summed E-state index contributed by atoms with van der Waals surface area (Å²) in [6.07, 6.45) is 1.33. The molecule has 0 spiro atoms. The molecule has 1 aromatic carbocycles. The number of rotatable bonds is 5. The SMILES string of the molecule is CN(C)S(=O)(=O)c1cc(S(=O)(=O)N(C)C2(C)CCCO2)ccc1Cl. The Morgan fingerprint density at radius 1 is 1.12 bits per heavy atom. The molecule has 0 N–H and O–H groups in total. The lowest BCUT2D eigenvalue weighted by atomic mass is 10.2. The van der Waals surface area contributed by atoms with E-state index in [0.29, 0.717) is 13.0 Å². The molecule has 1 heterocycles. The molecule has 1 aliphatic rings. The van der Waals surface area contributed by atoms with Gasteiger partial charge in [-0.2, -0.15) is 4.31 Å². The van der Waals surface area contributed by atoms with E-state index >= 15 is 0 Å². The molecule has 0 bridgehead atoms. The predicted octanol–water partition coefficient (Wildman–Crippen LogP) is 1.74. The number of hydrogen-bond donors (Lipinski definition) is 0. The van der Waals surface area contributed by atoms with Crippen molar-refractivity contribution in [1.82, 2.24) is 8.61 Å². The van der Waals surface area contributed by atoms with Crippen molar-refractivity contribution in [3.63, 3.8) is 0 Å². The number of halogens is 1. The first-order valence-electron chi connectivity index (χ1n) is 7.28. The van der Waals surface area contributed by atoms with Crippen LogP contribution in [-0.4, -0.2) is 58.9 Å². The summed E-state index contributed by atoms with van der Waals surface area (Å²) in [4.78, 5) is -0.396. The fourth-order valence-corrected chi connectivity index (χ4v) is 5.41. The van der Waals surface area contributed by atoms with Crippen LogP contribution in [-0.2, 0) is 24.8 Å². The van der Waals surface area contributed by atoms with Gasteiger partial charge in [-0.25, -0.2) is 21.1 Å². The second-order valence-electron chi connectivity index (χ2n) is 5.98. The summed E-state index contributed by atoms with van der Waals surface area (Å²) in [6, 6.07) is 3.65. The van der Waals surface area contributed by atoms with Gasteiger partial charge in [-0.1, -0.05) is 11.6 Å². The minimum absolute atomic E-state index is 0.0337. The molecule has 24 heavy (non-hydrogen) atoms. The first-order valence-corrected chi connectivity index (χ1v) is 10.5. The van der Waals surface area contributed by atoms with Crippen molar-refractivity contribution in [3.05, 3.63) is 23.2 Å². The third kappa shape index (κ3) is 3.33. The molecule has 1 fully saturated rings. The lowest BCUT2D eigenvalue weighted by Gasteiger charge is -2.33. The van der Waals surface area contributed by atoms with Crippen molar-refractivity contribution in [3.8, 4) is 0 Å². The molecule has 0 radical (unpaired) electrons. The molecule has 1 unspecified atom stereocenters. The topological polar surface area (TPSA) is 84.0 Å². The fraction of sp³-hybridized carbons (Fsp3) is 0.571. The highest BCUT2D eigenvalue weighted by Gasteiger charge is 2.41. The third-order valence-electron chi connectivity index (χ3n) is 4.18. The van der Waals surface area contributed by atoms with E-state index in [0.717, 1.165) is 21.1 Å². The molecule has 10 heteroatoms. The highest BCUT2D eigenvalue weighted by atomic mass is 35.5. The number of ether oxygens (including phenoxy) is 1. The van der Waals surface area contributed by atoms with Gasteiger partial charge in [0, 0.05) is 27.7 Å². The van der Waals surface area contributed by atoms with Crippen LogP contribution in [0, 0.1) is 0 Å². The maximum atomic E-state index is 12.9. The van der Waals surface area contributed by atoms with Crippen molar-refractivity contribution >= 4 is 31.6 Å². The normalized spacial score (nSPS) is 22.5. The Bertz CT molecular complexity index is 831. The summed E-state index contributed by atoms with van der Waals surface area (Å²) in [5.41, 5.74) is -0.945. The average Bonchev–Trinajstić information content (AvgIpc) is 2.94. The van der Waals surface area contributed by atoms with Gasteiger partial charge < -0.3 is 4.74 Å². The average molecular weight is 397 g/mol. The second-order valence-corrected chi connectivity index (χ2v) is 10.5. The molecule has 1 aliphatic heterocycles. The standard InChI is InChI=1S/C14H21ClN2O5S2/c1-14(8-5-9-22-14)17(4)23(18,19)11-6-7-12(15)13(10-11)24(20,21)16(2)3/h6-7,10H,5,8-9H2,1-4H3. The van der Waals surface area contributed by atoms with Gasteiger partial charge in [0.25, 0.3) is 0 Å². The second kappa shape index (κ2) is 6.54. The van der Waals surface area contributed by atoms with Crippen molar-refractivity contribution in [1.29, 1.82) is 0 Å². The Kier molecular flexibility index (Phi) is 5.35. The van der Waals surface area contributed by atoms with E-state index < -0.39 is 25.8 Å². The summed E-state index contributed by atoms with van der Waals surface area (Å²) < 4.78 is 58.1. The largest absolute Gasteiger partial charge is 0.360 e. The van der Waals surface area contributed by atoms with E-state index in [2.05, 4.69) is 0 Å². The lowest BCUT2D eigenvalue weighted by Crippen LogP contribution is -2.46. The van der Waals surface area contributed by atoms with Crippen LogP contribution in [0.3, 0.4) is 0 Å². The summed E-state index contributed by atoms with van der Waals surface area (Å²) in [7, 11) is -3.67. The minimum Gasteiger partial charge on any atom is -0.360 e. The highest BCUT2D eigenvalue weighted by Crippen LogP contribution is 2.34. The van der Waals surface area contributed by atoms with Crippen LogP contribution in [0.2, 0.25) is 5.02 Å². The summed E-state index contributed by atoms with van der Waals surface area (Å²) >= 11 is 5.97. The van der Waals surface area contributed by atoms with Crippen molar-refractivity contribution in [2.24, 2.45) is 0 Å². The van der Waals surface area contributed by atoms with Crippen LogP contribution in [0.5, 0.6) is 0 Å². The van der Waals surface area contributed by atoms with Gasteiger partial charge in [0.1, 0.15) is 10.6 Å². The third-order valence-corrected chi connectivity index (χ3v) is 8.44. The van der Waals surface area contributed by atoms with Gasteiger partial charge in [0.05, 0.1) is 9.92 Å². The van der Waals surface area contributed by atoms with Gasteiger partial charge in [-0.15, -0.1) is 0 Å². The fourth-order valence-electron chi connectivity index (χ4n) is 2.46. The van der Waals surface area contributed by atoms with Gasteiger partial charge in [-0.05, 0) is 38.0 Å². The Hall–Kier alpha value is -0.710. The van der Waals surface area contributed by atoms with Crippen molar-refractivity contribution < 1.29 is 21.6 Å². The molecular formula is C14H21ClN2O5S2. The minimum atomic E-state index is -3.94. The van der Waals surface area contributed by atoms with E-state index in [4.69, 9.17) is 16.3 Å². The zero-order chi connectivity index (χ0) is 18.3. The first kappa shape index (κ1) is 19.6. The molecule has 0 aromatic heterocycles. The smallest absolute Gasteiger partial charge is 0.245 e. The van der Waals surface area contributed by atoms with Crippen LogP contribution in [0.25, 0.3) is 0 Å². The van der Waals surface area contributed by atoms with Crippen molar-refractivity contribution in [2.75, 3.05) is 27.7 Å². The van der Waals surface area contributed by atoms with E-state index in [1.54, 1.807) is 6.92 Å². The molecule has 1 saturated heterocycles. The lowest BCUT2D eigenvalue weighted by molar-refractivity contribution is -0.0554. The summed E-state index contributed by atoms with van der Waals surface area (Å²) in [6.45, 7) is 2.18. The van der Waals surface area contributed by atoms with E-state index in [9.17, 15) is 16.8 Å². The Balaban J connectivity index is 2.53. The van der Waals surface area contributed by atoms with Crippen LogP contribution in [0.15, 0.2) is 28.0 Å². The maximum absolute atomic E-state index is 12.9. The number of benzene rings is 1. The highest BCUT2D eigenvalue weighted by molar-refractivity contribution is 7.90. The quantitative estimate of drug-likeness (QED) is 0.756. The van der Waals surface area contributed by atoms with Gasteiger partial charge in [0.15, 0.2) is 0 Å². The van der Waals surface area contributed by atoms with Crippen molar-refractivity contribution in [2.45, 2.75) is 35.3 Å². The first-order chi connectivity index (χ1) is 10.9. The van der Waals surface area contributed by atoms with Gasteiger partial charge in [0.2, 0.25) is 20.0 Å². The summed E-state index contributed by atoms with van der Waals surface area (Å²) in [5, 5.41) is -0.0337. The molecule has 1 aromatic rings. The molecular weight excluding hydrogens is 376 g/mol. The Morgan fingerprint density at radius 2 is 1.75 bits per heavy atom. The van der Waals surface area contributed by atoms with E-state index in [1.165, 1.54) is 33.3 Å². The predicted molar refractivity (Wildman–Crippen MR) is 90.9 cm³/mol. The number of hydrogen-bond acceptors (Lipinski definition) is 5. The summed E-state index contributed by atoms with van der Waals surface area (Å²) in [5.74, 6) is 0. The van der Waals surface area contributed by atoms with Crippen LogP contribution in [0.4, 0.5) is 0 Å². The van der Waals surface area contributed by atoms with Gasteiger partial charge in [-0.3, -0.25) is 0 Å². The molecule has 1 atom stereocenters. The number of nitrogens with zero attached hydrogens (tertiary/aromatic N) is 2. The van der Waals surface area contributed by atoms with Crippen LogP contribution < -0.4 is 0 Å². The van der Waals surface area contributed by atoms with Crippen LogP contribution >= 0.6 is 11.6 Å². The zero-order valence-electron chi connectivity index (χ0n) is 14.0. The molecule has 0 saturated carbocycles. The van der Waals surface area contributed by atoms with E-state index in [-0.39, 0.29) is 14.8 Å². The molecule has 136 valence electrons. The van der Waals surface area contributed by atoms with Gasteiger partial charge >= 0.3 is 0 Å². The maximum Gasteiger partial charge on any atom is 0.245 e. The van der Waals surface area contributed by atoms with E-state index in [1.807, 2.05) is 0 Å². The molecule has 0 amide bonds. The zero-order valence-corrected chi connectivity index (χ0v) is 16.4. The monoisotopic (exact) mass is 396 g/mol.